The van der Waals surface area contributed by atoms with Crippen LogP contribution in [0.1, 0.15) is 23.6 Å². The lowest BCUT2D eigenvalue weighted by Gasteiger charge is -1.92. The summed E-state index contributed by atoms with van der Waals surface area (Å²) in [7, 11) is 0. The Hall–Kier alpha value is -2.24. The van der Waals surface area contributed by atoms with E-state index in [1.807, 2.05) is 71.3 Å². The molecule has 30 heavy (non-hydrogen) atoms. The van der Waals surface area contributed by atoms with E-state index in [1.165, 1.54) is 39.0 Å². The first-order valence-electron chi connectivity index (χ1n) is 9.76. The molecule has 0 spiro atoms. The van der Waals surface area contributed by atoms with Crippen molar-refractivity contribution in [1.82, 2.24) is 0 Å². The van der Waals surface area contributed by atoms with Crippen LogP contribution in [-0.4, -0.2) is 0 Å². The lowest BCUT2D eigenvalue weighted by atomic mass is 10.3. The molecule has 0 aliphatic heterocycles. The van der Waals surface area contributed by atoms with Crippen LogP contribution in [0.4, 0.5) is 0 Å². The van der Waals surface area contributed by atoms with Gasteiger partial charge in [0.15, 0.2) is 0 Å². The Morgan fingerprint density at radius 2 is 0.767 bits per heavy atom. The van der Waals surface area contributed by atoms with Gasteiger partial charge in [0, 0.05) is 39.0 Å². The third kappa shape index (κ3) is 5.08. The van der Waals surface area contributed by atoms with E-state index in [-0.39, 0.29) is 0 Å². The van der Waals surface area contributed by atoms with Gasteiger partial charge >= 0.3 is 0 Å². The molecule has 0 aliphatic carbocycles. The van der Waals surface area contributed by atoms with E-state index in [9.17, 15) is 0 Å². The average Bonchev–Trinajstić information content (AvgIpc) is 3.53. The summed E-state index contributed by atoms with van der Waals surface area (Å²) < 4.78 is 0. The zero-order chi connectivity index (χ0) is 20.8. The Labute approximate surface area is 194 Å². The highest BCUT2D eigenvalue weighted by Gasteiger charge is 2.11. The highest BCUT2D eigenvalue weighted by atomic mass is 32.1. The van der Waals surface area contributed by atoms with E-state index in [1.54, 1.807) is 0 Å². The Kier molecular flexibility index (Phi) is 7.13. The second kappa shape index (κ2) is 10.2. The van der Waals surface area contributed by atoms with E-state index >= 15 is 0 Å². The van der Waals surface area contributed by atoms with Gasteiger partial charge in [-0.05, 0) is 74.5 Å². The molecule has 4 heteroatoms. The number of hydrogen-bond donors (Lipinski definition) is 0. The summed E-state index contributed by atoms with van der Waals surface area (Å²) in [4.78, 5) is 10.6. The van der Waals surface area contributed by atoms with Crippen LogP contribution in [0.3, 0.4) is 0 Å². The van der Waals surface area contributed by atoms with Gasteiger partial charge in [-0.2, -0.15) is 0 Å². The largest absolute Gasteiger partial charge is 0.135 e. The van der Waals surface area contributed by atoms with Crippen molar-refractivity contribution in [2.24, 2.45) is 0 Å². The molecule has 4 aromatic rings. The van der Waals surface area contributed by atoms with E-state index in [0.29, 0.717) is 0 Å². The Morgan fingerprint density at radius 3 is 1.13 bits per heavy atom. The van der Waals surface area contributed by atoms with Crippen LogP contribution in [0.5, 0.6) is 0 Å². The second-order valence-corrected chi connectivity index (χ2v) is 10.9. The molecule has 0 bridgehead atoms. The molecule has 0 saturated heterocycles. The van der Waals surface area contributed by atoms with Crippen molar-refractivity contribution in [3.63, 3.8) is 0 Å². The van der Waals surface area contributed by atoms with Gasteiger partial charge in [0.1, 0.15) is 0 Å². The summed E-state index contributed by atoms with van der Waals surface area (Å²) >= 11 is 7.43. The van der Waals surface area contributed by atoms with Crippen molar-refractivity contribution in [3.05, 3.63) is 94.7 Å². The highest BCUT2D eigenvalue weighted by molar-refractivity contribution is 7.28. The molecule has 4 heterocycles. The van der Waals surface area contributed by atoms with Crippen LogP contribution in [0, 0.1) is 0 Å². The number of thiophene rings is 4. The van der Waals surface area contributed by atoms with Gasteiger partial charge in [-0.3, -0.25) is 0 Å². The summed E-state index contributed by atoms with van der Waals surface area (Å²) in [6.07, 6.45) is 16.7. The summed E-state index contributed by atoms with van der Waals surface area (Å²) in [6.45, 7) is 4.07. The molecule has 0 N–H and O–H groups in total. The standard InChI is InChI=1S/C26H22S4/c1-3-5-7-9-19-11-13-21(27-19)23-15-17-25(29-23)26-18-16-24(30-26)22-14-12-20(28-22)10-8-6-4-2/h3-18H,1-2H3/b5-3+,6-4+,9-7+,10-8+. The van der Waals surface area contributed by atoms with E-state index in [2.05, 4.69) is 85.0 Å². The van der Waals surface area contributed by atoms with Crippen LogP contribution < -0.4 is 0 Å². The molecule has 4 rings (SSSR count). The summed E-state index contributed by atoms with van der Waals surface area (Å²) in [5, 5.41) is 0. The quantitative estimate of drug-likeness (QED) is 0.240. The highest BCUT2D eigenvalue weighted by Crippen LogP contribution is 2.43. The monoisotopic (exact) mass is 462 g/mol. The molecule has 0 nitrogen and oxygen atoms in total. The number of hydrogen-bond acceptors (Lipinski definition) is 4. The van der Waals surface area contributed by atoms with Crippen LogP contribution in [0.15, 0.2) is 85.0 Å². The fourth-order valence-electron chi connectivity index (χ4n) is 2.88. The van der Waals surface area contributed by atoms with Crippen LogP contribution >= 0.6 is 45.3 Å². The Balaban J connectivity index is 1.50. The minimum atomic E-state index is 1.29. The van der Waals surface area contributed by atoms with Gasteiger partial charge in [0.2, 0.25) is 0 Å². The predicted molar refractivity (Wildman–Crippen MR) is 142 cm³/mol. The van der Waals surface area contributed by atoms with Crippen molar-refractivity contribution in [3.8, 4) is 29.3 Å². The fourth-order valence-corrected chi connectivity index (χ4v) is 7.00. The molecular weight excluding hydrogens is 441 g/mol. The summed E-state index contributed by atoms with van der Waals surface area (Å²) in [5.41, 5.74) is 0. The minimum Gasteiger partial charge on any atom is -0.135 e. The van der Waals surface area contributed by atoms with Gasteiger partial charge in [-0.1, -0.05) is 36.5 Å². The lowest BCUT2D eigenvalue weighted by molar-refractivity contribution is 1.74. The maximum absolute atomic E-state index is 2.25. The molecule has 0 radical (unpaired) electrons. The van der Waals surface area contributed by atoms with Gasteiger partial charge in [-0.25, -0.2) is 0 Å². The SMILES string of the molecule is C/C=C/C=C/c1ccc(-c2ccc(-c3ccc(-c4ccc(/C=C/C=C/C)s4)s3)s2)s1. The first kappa shape index (κ1) is 21.0. The van der Waals surface area contributed by atoms with Crippen molar-refractivity contribution in [1.29, 1.82) is 0 Å². The Morgan fingerprint density at radius 1 is 0.433 bits per heavy atom. The summed E-state index contributed by atoms with van der Waals surface area (Å²) in [6, 6.07) is 17.9. The smallest absolute Gasteiger partial charge is 0.0449 e. The molecule has 4 aromatic heterocycles. The first-order chi connectivity index (χ1) is 14.8. The van der Waals surface area contributed by atoms with Crippen molar-refractivity contribution in [2.45, 2.75) is 13.8 Å². The third-order valence-corrected chi connectivity index (χ3v) is 9.18. The first-order valence-corrected chi connectivity index (χ1v) is 13.0. The molecule has 150 valence electrons. The maximum atomic E-state index is 2.25. The zero-order valence-electron chi connectivity index (χ0n) is 16.9. The fraction of sp³-hybridized carbons (Fsp3) is 0.0769. The summed E-state index contributed by atoms with van der Waals surface area (Å²) in [5.74, 6) is 0. The molecule has 0 aromatic carbocycles. The van der Waals surface area contributed by atoms with Crippen LogP contribution in [0.2, 0.25) is 0 Å². The van der Waals surface area contributed by atoms with Crippen LogP contribution in [-0.2, 0) is 0 Å². The van der Waals surface area contributed by atoms with Gasteiger partial charge < -0.3 is 0 Å². The van der Waals surface area contributed by atoms with Gasteiger partial charge in [-0.15, -0.1) is 45.3 Å². The number of rotatable bonds is 7. The lowest BCUT2D eigenvalue weighted by Crippen LogP contribution is -1.58. The van der Waals surface area contributed by atoms with Crippen molar-refractivity contribution < 1.29 is 0 Å². The van der Waals surface area contributed by atoms with E-state index < -0.39 is 0 Å². The molecule has 0 atom stereocenters. The van der Waals surface area contributed by atoms with Gasteiger partial charge in [0.25, 0.3) is 0 Å². The van der Waals surface area contributed by atoms with Crippen molar-refractivity contribution >= 4 is 57.5 Å². The molecular formula is C26H22S4. The normalized spacial score (nSPS) is 12.5. The van der Waals surface area contributed by atoms with Gasteiger partial charge in [0.05, 0.1) is 0 Å². The van der Waals surface area contributed by atoms with E-state index in [0.717, 1.165) is 0 Å². The van der Waals surface area contributed by atoms with E-state index in [4.69, 9.17) is 0 Å². The molecule has 0 amide bonds. The number of allylic oxidation sites excluding steroid dienone is 6. The molecule has 0 fully saturated rings. The molecule has 0 unspecified atom stereocenters. The topological polar surface area (TPSA) is 0 Å². The minimum absolute atomic E-state index is 1.29. The predicted octanol–water partition coefficient (Wildman–Crippen LogP) is 10.1. The van der Waals surface area contributed by atoms with Crippen molar-refractivity contribution in [2.75, 3.05) is 0 Å². The molecule has 0 aliphatic rings. The second-order valence-electron chi connectivity index (χ2n) is 6.50. The maximum Gasteiger partial charge on any atom is 0.0449 e. The molecule has 0 saturated carbocycles. The Bertz CT molecular complexity index is 1120. The average molecular weight is 463 g/mol. The van der Waals surface area contributed by atoms with Crippen LogP contribution in [0.25, 0.3) is 41.4 Å². The zero-order valence-corrected chi connectivity index (χ0v) is 20.1. The third-order valence-electron chi connectivity index (χ3n) is 4.32.